The number of rotatable bonds is 2. The molecule has 0 spiro atoms. The topological polar surface area (TPSA) is 57.5 Å². The third kappa shape index (κ3) is 4.46. The smallest absolute Gasteiger partial charge is 0.307 e. The Hall–Kier alpha value is -0.770. The molecule has 5 heteroatoms. The lowest BCUT2D eigenvalue weighted by molar-refractivity contribution is -0.136. The summed E-state index contributed by atoms with van der Waals surface area (Å²) in [5.41, 5.74) is 0.650. The second-order valence-electron chi connectivity index (χ2n) is 2.32. The first kappa shape index (κ1) is 13.2. The van der Waals surface area contributed by atoms with Crippen molar-refractivity contribution < 1.29 is 15.0 Å². The van der Waals surface area contributed by atoms with Crippen molar-refractivity contribution in [3.63, 3.8) is 0 Å². The summed E-state index contributed by atoms with van der Waals surface area (Å²) < 4.78 is 0. The standard InChI is InChI=1S/C8H6Cl2O2.CH4O/c9-6-2-1-5(3-7(6)10)4-8(11)12;1-2/h1-3H,4H2,(H,11,12);2H,1H3. The average molecular weight is 237 g/mol. The van der Waals surface area contributed by atoms with Gasteiger partial charge in [-0.3, -0.25) is 4.79 Å². The molecule has 78 valence electrons. The summed E-state index contributed by atoms with van der Waals surface area (Å²) >= 11 is 11.3. The van der Waals surface area contributed by atoms with Crippen molar-refractivity contribution in [2.75, 3.05) is 7.11 Å². The van der Waals surface area contributed by atoms with Gasteiger partial charge in [-0.15, -0.1) is 0 Å². The molecule has 0 fully saturated rings. The minimum absolute atomic E-state index is 0.0309. The molecule has 0 amide bonds. The Labute approximate surface area is 91.9 Å². The van der Waals surface area contributed by atoms with Gasteiger partial charge in [-0.05, 0) is 17.7 Å². The first-order chi connectivity index (χ1) is 6.59. The molecule has 1 aromatic rings. The maximum Gasteiger partial charge on any atom is 0.307 e. The summed E-state index contributed by atoms with van der Waals surface area (Å²) in [6.45, 7) is 0. The molecule has 3 nitrogen and oxygen atoms in total. The van der Waals surface area contributed by atoms with Crippen LogP contribution >= 0.6 is 23.2 Å². The summed E-state index contributed by atoms with van der Waals surface area (Å²) in [5.74, 6) is -0.881. The second-order valence-corrected chi connectivity index (χ2v) is 3.13. The van der Waals surface area contributed by atoms with E-state index in [0.29, 0.717) is 15.6 Å². The fourth-order valence-electron chi connectivity index (χ4n) is 0.824. The zero-order chi connectivity index (χ0) is 11.1. The Balaban J connectivity index is 0.000000791. The van der Waals surface area contributed by atoms with E-state index in [1.54, 1.807) is 18.2 Å². The molecule has 0 radical (unpaired) electrons. The van der Waals surface area contributed by atoms with E-state index in [0.717, 1.165) is 7.11 Å². The largest absolute Gasteiger partial charge is 0.481 e. The number of aliphatic hydroxyl groups excluding tert-OH is 1. The molecule has 0 aliphatic carbocycles. The van der Waals surface area contributed by atoms with Gasteiger partial charge in [-0.2, -0.15) is 0 Å². The number of aliphatic hydroxyl groups is 1. The number of halogens is 2. The molecular formula is C9H10Cl2O3. The third-order valence-corrected chi connectivity index (χ3v) is 2.08. The number of carboxylic acid groups (broad SMARTS) is 1. The molecule has 1 aromatic carbocycles. The van der Waals surface area contributed by atoms with Crippen LogP contribution in [-0.2, 0) is 11.2 Å². The van der Waals surface area contributed by atoms with E-state index >= 15 is 0 Å². The molecule has 1 rings (SSSR count). The minimum atomic E-state index is -0.881. The molecule has 0 unspecified atom stereocenters. The summed E-state index contributed by atoms with van der Waals surface area (Å²) in [7, 11) is 1.00. The van der Waals surface area contributed by atoms with E-state index in [9.17, 15) is 4.79 Å². The number of hydrogen-bond donors (Lipinski definition) is 2. The first-order valence-corrected chi connectivity index (χ1v) is 4.45. The van der Waals surface area contributed by atoms with Crippen LogP contribution in [0.25, 0.3) is 0 Å². The lowest BCUT2D eigenvalue weighted by Crippen LogP contribution is -1.99. The van der Waals surface area contributed by atoms with Crippen LogP contribution in [0.1, 0.15) is 5.56 Å². The fourth-order valence-corrected chi connectivity index (χ4v) is 1.14. The Morgan fingerprint density at radius 3 is 2.29 bits per heavy atom. The van der Waals surface area contributed by atoms with Crippen molar-refractivity contribution in [2.24, 2.45) is 0 Å². The zero-order valence-corrected chi connectivity index (χ0v) is 9.01. The SMILES string of the molecule is CO.O=C(O)Cc1ccc(Cl)c(Cl)c1. The minimum Gasteiger partial charge on any atom is -0.481 e. The second kappa shape index (κ2) is 6.65. The van der Waals surface area contributed by atoms with Crippen LogP contribution in [0, 0.1) is 0 Å². The summed E-state index contributed by atoms with van der Waals surface area (Å²) in [4.78, 5) is 10.3. The maximum atomic E-state index is 10.3. The van der Waals surface area contributed by atoms with Crippen LogP contribution in [0.2, 0.25) is 10.0 Å². The predicted octanol–water partition coefficient (Wildman–Crippen LogP) is 2.23. The average Bonchev–Trinajstić information content (AvgIpc) is 2.14. The van der Waals surface area contributed by atoms with Gasteiger partial charge in [0.05, 0.1) is 16.5 Å². The third-order valence-electron chi connectivity index (χ3n) is 1.34. The Bertz CT molecular complexity index is 313. The number of carbonyl (C=O) groups is 1. The molecule has 0 aliphatic rings. The number of aliphatic carboxylic acids is 1. The van der Waals surface area contributed by atoms with Crippen LogP contribution in [0.3, 0.4) is 0 Å². The van der Waals surface area contributed by atoms with Gasteiger partial charge in [0.25, 0.3) is 0 Å². The van der Waals surface area contributed by atoms with Gasteiger partial charge in [0.2, 0.25) is 0 Å². The Morgan fingerprint density at radius 1 is 1.29 bits per heavy atom. The van der Waals surface area contributed by atoms with Crippen molar-refractivity contribution >= 4 is 29.2 Å². The molecule has 14 heavy (non-hydrogen) atoms. The van der Waals surface area contributed by atoms with E-state index in [-0.39, 0.29) is 6.42 Å². The molecule has 0 bridgehead atoms. The van der Waals surface area contributed by atoms with E-state index < -0.39 is 5.97 Å². The highest BCUT2D eigenvalue weighted by atomic mass is 35.5. The fraction of sp³-hybridized carbons (Fsp3) is 0.222. The van der Waals surface area contributed by atoms with Crippen molar-refractivity contribution in [1.29, 1.82) is 0 Å². The quantitative estimate of drug-likeness (QED) is 0.829. The summed E-state index contributed by atoms with van der Waals surface area (Å²) in [6.07, 6.45) is -0.0309. The lowest BCUT2D eigenvalue weighted by Gasteiger charge is -1.98. The molecular weight excluding hydrogens is 227 g/mol. The predicted molar refractivity (Wildman–Crippen MR) is 55.9 cm³/mol. The highest BCUT2D eigenvalue weighted by Crippen LogP contribution is 2.22. The molecule has 0 saturated heterocycles. The van der Waals surface area contributed by atoms with Gasteiger partial charge in [-0.1, -0.05) is 29.3 Å². The van der Waals surface area contributed by atoms with Gasteiger partial charge in [-0.25, -0.2) is 0 Å². The highest BCUT2D eigenvalue weighted by molar-refractivity contribution is 6.42. The van der Waals surface area contributed by atoms with Crippen LogP contribution in [0.15, 0.2) is 18.2 Å². The monoisotopic (exact) mass is 236 g/mol. The summed E-state index contributed by atoms with van der Waals surface area (Å²) in [5, 5.41) is 16.3. The molecule has 0 saturated carbocycles. The molecule has 0 aromatic heterocycles. The van der Waals surface area contributed by atoms with Crippen molar-refractivity contribution in [2.45, 2.75) is 6.42 Å². The molecule has 2 N–H and O–H groups in total. The number of benzene rings is 1. The van der Waals surface area contributed by atoms with E-state index in [4.69, 9.17) is 33.4 Å². The maximum absolute atomic E-state index is 10.3. The molecule has 0 aliphatic heterocycles. The first-order valence-electron chi connectivity index (χ1n) is 3.70. The molecule has 0 heterocycles. The van der Waals surface area contributed by atoms with Gasteiger partial charge in [0, 0.05) is 7.11 Å². The van der Waals surface area contributed by atoms with Gasteiger partial charge >= 0.3 is 5.97 Å². The van der Waals surface area contributed by atoms with E-state index in [1.165, 1.54) is 0 Å². The normalized spacial score (nSPS) is 8.86. The number of carboxylic acids is 1. The van der Waals surface area contributed by atoms with Crippen molar-refractivity contribution in [1.82, 2.24) is 0 Å². The molecule has 0 atom stereocenters. The zero-order valence-electron chi connectivity index (χ0n) is 7.50. The Kier molecular flexibility index (Phi) is 6.28. The summed E-state index contributed by atoms with van der Waals surface area (Å²) in [6, 6.07) is 4.78. The van der Waals surface area contributed by atoms with Crippen LogP contribution in [-0.4, -0.2) is 23.3 Å². The van der Waals surface area contributed by atoms with Crippen molar-refractivity contribution in [3.8, 4) is 0 Å². The van der Waals surface area contributed by atoms with Gasteiger partial charge in [0.1, 0.15) is 0 Å². The van der Waals surface area contributed by atoms with Crippen LogP contribution in [0.4, 0.5) is 0 Å². The van der Waals surface area contributed by atoms with Crippen LogP contribution < -0.4 is 0 Å². The van der Waals surface area contributed by atoms with E-state index in [1.807, 2.05) is 0 Å². The van der Waals surface area contributed by atoms with Gasteiger partial charge in [0.15, 0.2) is 0 Å². The highest BCUT2D eigenvalue weighted by Gasteiger charge is 2.02. The van der Waals surface area contributed by atoms with E-state index in [2.05, 4.69) is 0 Å². The lowest BCUT2D eigenvalue weighted by atomic mass is 10.1. The van der Waals surface area contributed by atoms with Crippen LogP contribution in [0.5, 0.6) is 0 Å². The Morgan fingerprint density at radius 2 is 1.86 bits per heavy atom. The van der Waals surface area contributed by atoms with Crippen molar-refractivity contribution in [3.05, 3.63) is 33.8 Å². The number of hydrogen-bond acceptors (Lipinski definition) is 2. The van der Waals surface area contributed by atoms with Gasteiger partial charge < -0.3 is 10.2 Å².